The van der Waals surface area contributed by atoms with Crippen molar-refractivity contribution in [2.24, 2.45) is 5.73 Å². The van der Waals surface area contributed by atoms with Crippen LogP contribution < -0.4 is 5.73 Å². The predicted octanol–water partition coefficient (Wildman–Crippen LogP) is 3.09. The second-order valence-corrected chi connectivity index (χ2v) is 3.95. The number of nitrogens with two attached hydrogens (primary N) is 1. The summed E-state index contributed by atoms with van der Waals surface area (Å²) in [7, 11) is 0. The molecule has 14 heavy (non-hydrogen) atoms. The van der Waals surface area contributed by atoms with E-state index >= 15 is 0 Å². The summed E-state index contributed by atoms with van der Waals surface area (Å²) >= 11 is 0. The van der Waals surface area contributed by atoms with E-state index in [2.05, 4.69) is 38.1 Å². The number of hydrogen-bond acceptors (Lipinski definition) is 1. The molecule has 1 aromatic rings. The number of hydrogen-bond donors (Lipinski definition) is 1. The zero-order valence-corrected chi connectivity index (χ0v) is 9.29. The summed E-state index contributed by atoms with van der Waals surface area (Å²) in [5.74, 6) is 0.674. The molecule has 1 nitrogen and oxygen atoms in total. The SMILES string of the molecule is CCC(C)c1cccc(CCCN)c1. The van der Waals surface area contributed by atoms with E-state index in [4.69, 9.17) is 5.73 Å². The first-order chi connectivity index (χ1) is 6.77. The molecule has 1 heteroatoms. The van der Waals surface area contributed by atoms with E-state index in [0.717, 1.165) is 19.4 Å². The Labute approximate surface area is 87.3 Å². The second kappa shape index (κ2) is 5.82. The minimum Gasteiger partial charge on any atom is -0.330 e. The molecule has 1 aromatic carbocycles. The van der Waals surface area contributed by atoms with E-state index in [1.165, 1.54) is 17.5 Å². The zero-order valence-electron chi connectivity index (χ0n) is 9.29. The third-order valence-corrected chi connectivity index (χ3v) is 2.80. The molecule has 78 valence electrons. The van der Waals surface area contributed by atoms with Crippen LogP contribution in [-0.4, -0.2) is 6.54 Å². The maximum Gasteiger partial charge on any atom is -0.00741 e. The van der Waals surface area contributed by atoms with Crippen molar-refractivity contribution >= 4 is 0 Å². The molecular weight excluding hydrogens is 170 g/mol. The van der Waals surface area contributed by atoms with Crippen LogP contribution in [-0.2, 0) is 6.42 Å². The Morgan fingerprint density at radius 1 is 1.36 bits per heavy atom. The molecule has 0 aliphatic heterocycles. The molecule has 0 heterocycles. The number of rotatable bonds is 5. The molecule has 0 aliphatic carbocycles. The molecule has 2 N–H and O–H groups in total. The lowest BCUT2D eigenvalue weighted by Crippen LogP contribution is -2.01. The molecule has 0 fully saturated rings. The van der Waals surface area contributed by atoms with Gasteiger partial charge in [0.1, 0.15) is 0 Å². The van der Waals surface area contributed by atoms with Crippen molar-refractivity contribution in [3.8, 4) is 0 Å². The van der Waals surface area contributed by atoms with Crippen molar-refractivity contribution in [1.29, 1.82) is 0 Å². The zero-order chi connectivity index (χ0) is 10.4. The van der Waals surface area contributed by atoms with Gasteiger partial charge in [-0.25, -0.2) is 0 Å². The normalized spacial score (nSPS) is 12.8. The first-order valence-electron chi connectivity index (χ1n) is 5.56. The van der Waals surface area contributed by atoms with E-state index in [9.17, 15) is 0 Å². The minimum atomic E-state index is 0.674. The fourth-order valence-corrected chi connectivity index (χ4v) is 1.60. The highest BCUT2D eigenvalue weighted by Crippen LogP contribution is 2.19. The largest absolute Gasteiger partial charge is 0.330 e. The number of benzene rings is 1. The third-order valence-electron chi connectivity index (χ3n) is 2.80. The van der Waals surface area contributed by atoms with Gasteiger partial charge < -0.3 is 5.73 Å². The Morgan fingerprint density at radius 2 is 2.14 bits per heavy atom. The molecule has 0 saturated heterocycles. The van der Waals surface area contributed by atoms with Crippen molar-refractivity contribution < 1.29 is 0 Å². The van der Waals surface area contributed by atoms with Crippen LogP contribution in [0.2, 0.25) is 0 Å². The molecule has 0 spiro atoms. The summed E-state index contributed by atoms with van der Waals surface area (Å²) in [5.41, 5.74) is 8.38. The maximum atomic E-state index is 5.50. The molecule has 0 amide bonds. The Morgan fingerprint density at radius 3 is 2.79 bits per heavy atom. The highest BCUT2D eigenvalue weighted by Gasteiger charge is 2.02. The van der Waals surface area contributed by atoms with Gasteiger partial charge in [0.25, 0.3) is 0 Å². The molecule has 0 bridgehead atoms. The van der Waals surface area contributed by atoms with Gasteiger partial charge >= 0.3 is 0 Å². The summed E-state index contributed by atoms with van der Waals surface area (Å²) < 4.78 is 0. The summed E-state index contributed by atoms with van der Waals surface area (Å²) in [6.45, 7) is 5.30. The van der Waals surface area contributed by atoms with Gasteiger partial charge in [0.15, 0.2) is 0 Å². The Balaban J connectivity index is 2.68. The summed E-state index contributed by atoms with van der Waals surface area (Å²) in [4.78, 5) is 0. The lowest BCUT2D eigenvalue weighted by Gasteiger charge is -2.10. The van der Waals surface area contributed by atoms with E-state index in [1.54, 1.807) is 0 Å². The molecule has 0 saturated carbocycles. The quantitative estimate of drug-likeness (QED) is 0.760. The molecule has 1 rings (SSSR count). The van der Waals surface area contributed by atoms with Crippen LogP contribution >= 0.6 is 0 Å². The van der Waals surface area contributed by atoms with Gasteiger partial charge in [0.2, 0.25) is 0 Å². The fraction of sp³-hybridized carbons (Fsp3) is 0.538. The molecule has 1 atom stereocenters. The second-order valence-electron chi connectivity index (χ2n) is 3.95. The Bertz CT molecular complexity index is 268. The molecule has 0 radical (unpaired) electrons. The number of aryl methyl sites for hydroxylation is 1. The summed E-state index contributed by atoms with van der Waals surface area (Å²) in [6.07, 6.45) is 3.41. The van der Waals surface area contributed by atoms with Crippen LogP contribution in [0.4, 0.5) is 0 Å². The van der Waals surface area contributed by atoms with Crippen LogP contribution in [0, 0.1) is 0 Å². The van der Waals surface area contributed by atoms with Crippen molar-refractivity contribution in [1.82, 2.24) is 0 Å². The van der Waals surface area contributed by atoms with E-state index in [-0.39, 0.29) is 0 Å². The Hall–Kier alpha value is -0.820. The third kappa shape index (κ3) is 3.15. The van der Waals surface area contributed by atoms with E-state index < -0.39 is 0 Å². The van der Waals surface area contributed by atoms with Gasteiger partial charge in [0, 0.05) is 0 Å². The first kappa shape index (κ1) is 11.3. The van der Waals surface area contributed by atoms with Crippen molar-refractivity contribution in [2.75, 3.05) is 6.54 Å². The van der Waals surface area contributed by atoms with Gasteiger partial charge in [-0.15, -0.1) is 0 Å². The van der Waals surface area contributed by atoms with Crippen molar-refractivity contribution in [3.05, 3.63) is 35.4 Å². The lowest BCUT2D eigenvalue weighted by molar-refractivity contribution is 0.730. The smallest absolute Gasteiger partial charge is 0.00741 e. The van der Waals surface area contributed by atoms with Crippen molar-refractivity contribution in [3.63, 3.8) is 0 Å². The van der Waals surface area contributed by atoms with E-state index in [0.29, 0.717) is 5.92 Å². The highest BCUT2D eigenvalue weighted by atomic mass is 14.5. The fourth-order valence-electron chi connectivity index (χ4n) is 1.60. The van der Waals surface area contributed by atoms with Crippen LogP contribution in [0.15, 0.2) is 24.3 Å². The van der Waals surface area contributed by atoms with Gasteiger partial charge in [-0.2, -0.15) is 0 Å². The van der Waals surface area contributed by atoms with Gasteiger partial charge in [-0.3, -0.25) is 0 Å². The maximum absolute atomic E-state index is 5.50. The predicted molar refractivity (Wildman–Crippen MR) is 62.5 cm³/mol. The standard InChI is InChI=1S/C13H21N/c1-3-11(2)13-8-4-6-12(10-13)7-5-9-14/h4,6,8,10-11H,3,5,7,9,14H2,1-2H3. The first-order valence-corrected chi connectivity index (χ1v) is 5.56. The average Bonchev–Trinajstić information content (AvgIpc) is 2.25. The summed E-state index contributed by atoms with van der Waals surface area (Å²) in [5, 5.41) is 0. The monoisotopic (exact) mass is 191 g/mol. The minimum absolute atomic E-state index is 0.674. The molecule has 0 aromatic heterocycles. The van der Waals surface area contributed by atoms with Gasteiger partial charge in [-0.1, -0.05) is 38.1 Å². The van der Waals surface area contributed by atoms with Crippen LogP contribution in [0.25, 0.3) is 0 Å². The van der Waals surface area contributed by atoms with Crippen LogP contribution in [0.3, 0.4) is 0 Å². The van der Waals surface area contributed by atoms with Gasteiger partial charge in [0.05, 0.1) is 0 Å². The lowest BCUT2D eigenvalue weighted by atomic mass is 9.96. The average molecular weight is 191 g/mol. The van der Waals surface area contributed by atoms with Crippen LogP contribution in [0.1, 0.15) is 43.7 Å². The van der Waals surface area contributed by atoms with Crippen LogP contribution in [0.5, 0.6) is 0 Å². The molecule has 0 aliphatic rings. The molecule has 1 unspecified atom stereocenters. The van der Waals surface area contributed by atoms with Gasteiger partial charge in [-0.05, 0) is 42.9 Å². The summed E-state index contributed by atoms with van der Waals surface area (Å²) in [6, 6.07) is 8.90. The Kier molecular flexibility index (Phi) is 4.68. The topological polar surface area (TPSA) is 26.0 Å². The van der Waals surface area contributed by atoms with Crippen molar-refractivity contribution in [2.45, 2.75) is 39.0 Å². The van der Waals surface area contributed by atoms with E-state index in [1.807, 2.05) is 0 Å². The molecular formula is C13H21N. The highest BCUT2D eigenvalue weighted by molar-refractivity contribution is 5.26.